The lowest BCUT2D eigenvalue weighted by molar-refractivity contribution is -0.117. The van der Waals surface area contributed by atoms with Crippen LogP contribution in [-0.2, 0) is 4.79 Å². The van der Waals surface area contributed by atoms with Crippen molar-refractivity contribution in [2.45, 2.75) is 26.8 Å². The van der Waals surface area contributed by atoms with Crippen molar-refractivity contribution in [2.75, 3.05) is 10.6 Å². The number of hydrogen-bond acceptors (Lipinski definition) is 2. The van der Waals surface area contributed by atoms with Crippen LogP contribution >= 0.6 is 0 Å². The summed E-state index contributed by atoms with van der Waals surface area (Å²) >= 11 is 0. The molecule has 0 aromatic heterocycles. The maximum Gasteiger partial charge on any atom is 0.247 e. The van der Waals surface area contributed by atoms with Gasteiger partial charge >= 0.3 is 0 Å². The normalized spacial score (nSPS) is 19.5. The summed E-state index contributed by atoms with van der Waals surface area (Å²) in [6.45, 7) is 6.09. The molecule has 0 saturated carbocycles. The molecule has 0 saturated heterocycles. The molecule has 1 aliphatic rings. The summed E-state index contributed by atoms with van der Waals surface area (Å²) in [5.74, 6) is 0.350. The fraction of sp³-hybridized carbons (Fsp3) is 0.417. The van der Waals surface area contributed by atoms with E-state index in [0.717, 1.165) is 16.9 Å². The molecule has 80 valence electrons. The first-order chi connectivity index (χ1) is 7.08. The van der Waals surface area contributed by atoms with Gasteiger partial charge in [-0.05, 0) is 30.5 Å². The number of nitrogens with one attached hydrogen (secondary N) is 2. The van der Waals surface area contributed by atoms with Crippen LogP contribution in [-0.4, -0.2) is 11.9 Å². The number of anilines is 2. The van der Waals surface area contributed by atoms with E-state index in [4.69, 9.17) is 0 Å². The Labute approximate surface area is 89.9 Å². The molecular weight excluding hydrogens is 188 g/mol. The molecule has 0 radical (unpaired) electrons. The van der Waals surface area contributed by atoms with Crippen molar-refractivity contribution >= 4 is 17.3 Å². The summed E-state index contributed by atoms with van der Waals surface area (Å²) in [4.78, 5) is 11.7. The SMILES string of the molecule is Cc1ccc2c(c1)NC(=O)C(C(C)C)N2. The second-order valence-corrected chi connectivity index (χ2v) is 4.40. The Kier molecular flexibility index (Phi) is 2.39. The van der Waals surface area contributed by atoms with Gasteiger partial charge in [0.25, 0.3) is 0 Å². The summed E-state index contributed by atoms with van der Waals surface area (Å²) < 4.78 is 0. The third-order valence-corrected chi connectivity index (χ3v) is 2.69. The number of rotatable bonds is 1. The van der Waals surface area contributed by atoms with E-state index in [2.05, 4.69) is 10.6 Å². The lowest BCUT2D eigenvalue weighted by Gasteiger charge is -2.29. The Hall–Kier alpha value is -1.51. The number of amides is 1. The fourth-order valence-electron chi connectivity index (χ4n) is 1.80. The molecule has 1 aliphatic heterocycles. The van der Waals surface area contributed by atoms with Crippen molar-refractivity contribution < 1.29 is 4.79 Å². The highest BCUT2D eigenvalue weighted by atomic mass is 16.2. The smallest absolute Gasteiger partial charge is 0.247 e. The van der Waals surface area contributed by atoms with Crippen LogP contribution in [0.25, 0.3) is 0 Å². The van der Waals surface area contributed by atoms with Crippen LogP contribution in [0.15, 0.2) is 18.2 Å². The largest absolute Gasteiger partial charge is 0.372 e. The fourth-order valence-corrected chi connectivity index (χ4v) is 1.80. The molecular formula is C12H16N2O. The highest BCUT2D eigenvalue weighted by Gasteiger charge is 2.27. The lowest BCUT2D eigenvalue weighted by atomic mass is 10.00. The zero-order valence-electron chi connectivity index (χ0n) is 9.29. The van der Waals surface area contributed by atoms with Crippen LogP contribution in [0.1, 0.15) is 19.4 Å². The molecule has 1 aromatic carbocycles. The van der Waals surface area contributed by atoms with Gasteiger partial charge in [0.2, 0.25) is 5.91 Å². The van der Waals surface area contributed by atoms with Crippen molar-refractivity contribution in [1.29, 1.82) is 0 Å². The van der Waals surface area contributed by atoms with E-state index in [0.29, 0.717) is 5.92 Å². The number of aryl methyl sites for hydroxylation is 1. The van der Waals surface area contributed by atoms with Gasteiger partial charge in [0.15, 0.2) is 0 Å². The molecule has 1 atom stereocenters. The predicted molar refractivity (Wildman–Crippen MR) is 62.1 cm³/mol. The minimum atomic E-state index is -0.125. The molecule has 2 N–H and O–H groups in total. The average Bonchev–Trinajstić information content (AvgIpc) is 2.15. The summed E-state index contributed by atoms with van der Waals surface area (Å²) in [5, 5.41) is 6.19. The van der Waals surface area contributed by atoms with Gasteiger partial charge in [0.05, 0.1) is 11.4 Å². The van der Waals surface area contributed by atoms with E-state index < -0.39 is 0 Å². The van der Waals surface area contributed by atoms with Gasteiger partial charge in [-0.2, -0.15) is 0 Å². The summed E-state index contributed by atoms with van der Waals surface area (Å²) in [7, 11) is 0. The van der Waals surface area contributed by atoms with Gasteiger partial charge in [-0.15, -0.1) is 0 Å². The maximum absolute atomic E-state index is 11.7. The number of carbonyl (C=O) groups excluding carboxylic acids is 1. The van der Waals surface area contributed by atoms with Gasteiger partial charge in [-0.1, -0.05) is 19.9 Å². The van der Waals surface area contributed by atoms with Crippen LogP contribution in [0.4, 0.5) is 11.4 Å². The van der Waals surface area contributed by atoms with Crippen molar-refractivity contribution in [3.05, 3.63) is 23.8 Å². The number of hydrogen-bond donors (Lipinski definition) is 2. The number of carbonyl (C=O) groups is 1. The topological polar surface area (TPSA) is 41.1 Å². The average molecular weight is 204 g/mol. The van der Waals surface area contributed by atoms with E-state index >= 15 is 0 Å². The lowest BCUT2D eigenvalue weighted by Crippen LogP contribution is -2.42. The van der Waals surface area contributed by atoms with Crippen molar-refractivity contribution in [1.82, 2.24) is 0 Å². The Balaban J connectivity index is 2.34. The Morgan fingerprint density at radius 2 is 2.00 bits per heavy atom. The highest BCUT2D eigenvalue weighted by Crippen LogP contribution is 2.29. The zero-order valence-corrected chi connectivity index (χ0v) is 9.29. The summed E-state index contributed by atoms with van der Waals surface area (Å²) in [6.07, 6.45) is 0. The second-order valence-electron chi connectivity index (χ2n) is 4.40. The van der Waals surface area contributed by atoms with Gasteiger partial charge in [-0.3, -0.25) is 4.79 Å². The van der Waals surface area contributed by atoms with Crippen LogP contribution < -0.4 is 10.6 Å². The van der Waals surface area contributed by atoms with Crippen molar-refractivity contribution in [2.24, 2.45) is 5.92 Å². The minimum Gasteiger partial charge on any atom is -0.372 e. The molecule has 0 fully saturated rings. The molecule has 0 aliphatic carbocycles. The molecule has 3 heteroatoms. The van der Waals surface area contributed by atoms with E-state index in [1.165, 1.54) is 0 Å². The van der Waals surface area contributed by atoms with E-state index in [9.17, 15) is 4.79 Å². The Bertz CT molecular complexity index is 399. The Morgan fingerprint density at radius 1 is 1.27 bits per heavy atom. The third-order valence-electron chi connectivity index (χ3n) is 2.69. The third kappa shape index (κ3) is 1.82. The molecule has 0 spiro atoms. The number of fused-ring (bicyclic) bond motifs is 1. The first-order valence-corrected chi connectivity index (χ1v) is 5.26. The predicted octanol–water partition coefficient (Wildman–Crippen LogP) is 2.38. The minimum absolute atomic E-state index is 0.0584. The summed E-state index contributed by atoms with van der Waals surface area (Å²) in [5.41, 5.74) is 3.05. The molecule has 1 unspecified atom stereocenters. The Morgan fingerprint density at radius 3 is 2.67 bits per heavy atom. The summed E-state index contributed by atoms with van der Waals surface area (Å²) in [6, 6.07) is 5.91. The molecule has 2 rings (SSSR count). The second kappa shape index (κ2) is 3.57. The molecule has 1 heterocycles. The van der Waals surface area contributed by atoms with Crippen molar-refractivity contribution in [3.63, 3.8) is 0 Å². The maximum atomic E-state index is 11.7. The van der Waals surface area contributed by atoms with Gasteiger partial charge in [0.1, 0.15) is 6.04 Å². The molecule has 0 bridgehead atoms. The first-order valence-electron chi connectivity index (χ1n) is 5.26. The van der Waals surface area contributed by atoms with E-state index in [-0.39, 0.29) is 11.9 Å². The molecule has 1 aromatic rings. The van der Waals surface area contributed by atoms with E-state index in [1.807, 2.05) is 39.0 Å². The van der Waals surface area contributed by atoms with Gasteiger partial charge in [-0.25, -0.2) is 0 Å². The number of benzene rings is 1. The first kappa shape index (κ1) is 10.0. The van der Waals surface area contributed by atoms with E-state index in [1.54, 1.807) is 0 Å². The van der Waals surface area contributed by atoms with Crippen LogP contribution in [0.5, 0.6) is 0 Å². The monoisotopic (exact) mass is 204 g/mol. The molecule has 1 amide bonds. The van der Waals surface area contributed by atoms with Crippen LogP contribution in [0, 0.1) is 12.8 Å². The van der Waals surface area contributed by atoms with Crippen molar-refractivity contribution in [3.8, 4) is 0 Å². The molecule has 3 nitrogen and oxygen atoms in total. The standard InChI is InChI=1S/C12H16N2O/c1-7(2)11-12(15)14-10-6-8(3)4-5-9(10)13-11/h4-7,11,13H,1-3H3,(H,14,15). The molecule has 15 heavy (non-hydrogen) atoms. The highest BCUT2D eigenvalue weighted by molar-refractivity contribution is 6.03. The van der Waals surface area contributed by atoms with Crippen LogP contribution in [0.3, 0.4) is 0 Å². The van der Waals surface area contributed by atoms with Crippen LogP contribution in [0.2, 0.25) is 0 Å². The quantitative estimate of drug-likeness (QED) is 0.737. The van der Waals surface area contributed by atoms with Gasteiger partial charge in [0, 0.05) is 0 Å². The van der Waals surface area contributed by atoms with Gasteiger partial charge < -0.3 is 10.6 Å². The zero-order chi connectivity index (χ0) is 11.0.